The van der Waals surface area contributed by atoms with Gasteiger partial charge < -0.3 is 0 Å². The Labute approximate surface area is 65.6 Å². The Kier molecular flexibility index (Phi) is 2.72. The van der Waals surface area contributed by atoms with Crippen molar-refractivity contribution < 1.29 is 9.53 Å². The van der Waals surface area contributed by atoms with Gasteiger partial charge in [0.25, 0.3) is 0 Å². The number of hydrogen-bond donors (Lipinski definition) is 0. The van der Waals surface area contributed by atoms with Crippen molar-refractivity contribution in [3.8, 4) is 0 Å². The average Bonchev–Trinajstić information content (AvgIpc) is 2.38. The number of esters is 1. The summed E-state index contributed by atoms with van der Waals surface area (Å²) in [6.45, 7) is 2.28. The molecule has 0 unspecified atom stereocenters. The van der Waals surface area contributed by atoms with Gasteiger partial charge in [-0.15, -0.1) is 0 Å². The SMILES string of the molecule is CCOC(=O)c1ccc[se]1. The van der Waals surface area contributed by atoms with Crippen LogP contribution in [0.3, 0.4) is 0 Å². The Morgan fingerprint density at radius 3 is 3.10 bits per heavy atom. The van der Waals surface area contributed by atoms with E-state index in [2.05, 4.69) is 0 Å². The predicted octanol–water partition coefficient (Wildman–Crippen LogP) is 0.920. The minimum atomic E-state index is -0.160. The second kappa shape index (κ2) is 3.59. The zero-order chi connectivity index (χ0) is 7.40. The molecular weight excluding hydrogens is 195 g/mol. The van der Waals surface area contributed by atoms with Crippen molar-refractivity contribution in [2.45, 2.75) is 6.92 Å². The van der Waals surface area contributed by atoms with Gasteiger partial charge in [-0.25, -0.2) is 0 Å². The van der Waals surface area contributed by atoms with Gasteiger partial charge >= 0.3 is 65.0 Å². The Hall–Kier alpha value is -0.531. The van der Waals surface area contributed by atoms with Gasteiger partial charge in [-0.05, 0) is 0 Å². The van der Waals surface area contributed by atoms with E-state index in [1.54, 1.807) is 0 Å². The van der Waals surface area contributed by atoms with Crippen LogP contribution in [0.2, 0.25) is 0 Å². The van der Waals surface area contributed by atoms with Gasteiger partial charge in [-0.3, -0.25) is 0 Å². The van der Waals surface area contributed by atoms with Crippen LogP contribution in [0.5, 0.6) is 0 Å². The van der Waals surface area contributed by atoms with E-state index >= 15 is 0 Å². The fourth-order valence-electron chi connectivity index (χ4n) is 0.597. The summed E-state index contributed by atoms with van der Waals surface area (Å²) >= 11 is 0.215. The van der Waals surface area contributed by atoms with E-state index in [4.69, 9.17) is 4.74 Å². The molecule has 54 valence electrons. The molecule has 0 bridgehead atoms. The third kappa shape index (κ3) is 1.72. The van der Waals surface area contributed by atoms with Gasteiger partial charge in [0.1, 0.15) is 0 Å². The minimum absolute atomic E-state index is 0.160. The molecule has 3 heteroatoms. The maximum atomic E-state index is 10.9. The number of ether oxygens (including phenoxy) is 1. The summed E-state index contributed by atoms with van der Waals surface area (Å²) in [6.07, 6.45) is 0. The van der Waals surface area contributed by atoms with Crippen molar-refractivity contribution in [2.75, 3.05) is 6.61 Å². The predicted molar refractivity (Wildman–Crippen MR) is 39.3 cm³/mol. The van der Waals surface area contributed by atoms with Crippen LogP contribution in [-0.2, 0) is 4.74 Å². The van der Waals surface area contributed by atoms with Gasteiger partial charge in [-0.2, -0.15) is 0 Å². The molecule has 0 amide bonds. The van der Waals surface area contributed by atoms with Gasteiger partial charge in [0.15, 0.2) is 0 Å². The molecule has 1 aromatic heterocycles. The van der Waals surface area contributed by atoms with E-state index in [9.17, 15) is 4.79 Å². The van der Waals surface area contributed by atoms with E-state index in [1.165, 1.54) is 0 Å². The summed E-state index contributed by atoms with van der Waals surface area (Å²) in [5.41, 5.74) is 0. The van der Waals surface area contributed by atoms with E-state index < -0.39 is 0 Å². The van der Waals surface area contributed by atoms with Crippen molar-refractivity contribution in [1.29, 1.82) is 0 Å². The van der Waals surface area contributed by atoms with Crippen molar-refractivity contribution in [3.05, 3.63) is 21.5 Å². The van der Waals surface area contributed by atoms with Gasteiger partial charge in [0.05, 0.1) is 0 Å². The van der Waals surface area contributed by atoms with Crippen molar-refractivity contribution >= 4 is 20.5 Å². The standard InChI is InChI=1S/C7H8O2Se/c1-2-9-7(8)6-4-3-5-10-6/h3-5H,2H2,1H3. The topological polar surface area (TPSA) is 26.3 Å². The molecule has 1 heterocycles. The summed E-state index contributed by atoms with van der Waals surface area (Å²) in [4.78, 5) is 12.9. The second-order valence-corrected chi connectivity index (χ2v) is 3.69. The molecule has 1 aromatic rings. The summed E-state index contributed by atoms with van der Waals surface area (Å²) in [5.74, 6) is -0.160. The first-order chi connectivity index (χ1) is 4.84. The molecule has 0 saturated carbocycles. The van der Waals surface area contributed by atoms with E-state index in [1.807, 2.05) is 24.0 Å². The molecule has 0 fully saturated rings. The first-order valence-corrected chi connectivity index (χ1v) is 4.89. The number of rotatable bonds is 2. The molecule has 0 aliphatic heterocycles. The van der Waals surface area contributed by atoms with Crippen molar-refractivity contribution in [3.63, 3.8) is 0 Å². The summed E-state index contributed by atoms with van der Waals surface area (Å²) in [6, 6.07) is 3.71. The Balaban J connectivity index is 2.59. The zero-order valence-corrected chi connectivity index (χ0v) is 7.38. The molecule has 0 N–H and O–H groups in total. The number of carbonyl (C=O) groups excluding carboxylic acids is 1. The first kappa shape index (κ1) is 7.58. The summed E-state index contributed by atoms with van der Waals surface area (Å²) in [5, 5.41) is 0. The molecular formula is C7H8O2Se. The fourth-order valence-corrected chi connectivity index (χ4v) is 1.89. The molecule has 0 aliphatic rings. The molecule has 0 radical (unpaired) electrons. The second-order valence-electron chi connectivity index (χ2n) is 1.70. The quantitative estimate of drug-likeness (QED) is 0.527. The van der Waals surface area contributed by atoms with Gasteiger partial charge in [0.2, 0.25) is 0 Å². The van der Waals surface area contributed by atoms with Gasteiger partial charge in [0, 0.05) is 0 Å². The summed E-state index contributed by atoms with van der Waals surface area (Å²) < 4.78 is 5.61. The zero-order valence-electron chi connectivity index (χ0n) is 5.66. The molecule has 0 atom stereocenters. The molecule has 10 heavy (non-hydrogen) atoms. The number of hydrogen-bond acceptors (Lipinski definition) is 2. The Morgan fingerprint density at radius 2 is 2.60 bits per heavy atom. The van der Waals surface area contributed by atoms with Crippen LogP contribution in [0.4, 0.5) is 0 Å². The molecule has 0 saturated heterocycles. The normalized spacial score (nSPS) is 9.30. The monoisotopic (exact) mass is 204 g/mol. The molecule has 1 rings (SSSR count). The molecule has 0 aromatic carbocycles. The first-order valence-electron chi connectivity index (χ1n) is 3.05. The van der Waals surface area contributed by atoms with E-state index in [0.29, 0.717) is 6.61 Å². The average molecular weight is 203 g/mol. The maximum absolute atomic E-state index is 10.9. The third-order valence-corrected chi connectivity index (χ3v) is 2.78. The van der Waals surface area contributed by atoms with Crippen molar-refractivity contribution in [1.82, 2.24) is 0 Å². The van der Waals surface area contributed by atoms with Crippen LogP contribution in [0.25, 0.3) is 0 Å². The van der Waals surface area contributed by atoms with Gasteiger partial charge in [-0.1, -0.05) is 0 Å². The summed E-state index contributed by atoms with van der Waals surface area (Å²) in [7, 11) is 0. The van der Waals surface area contributed by atoms with E-state index in [-0.39, 0.29) is 20.5 Å². The van der Waals surface area contributed by atoms with Crippen LogP contribution < -0.4 is 0 Å². The van der Waals surface area contributed by atoms with E-state index in [0.717, 1.165) is 4.44 Å². The van der Waals surface area contributed by atoms with Crippen LogP contribution in [0.1, 0.15) is 16.2 Å². The third-order valence-electron chi connectivity index (χ3n) is 0.998. The van der Waals surface area contributed by atoms with Crippen LogP contribution in [0, 0.1) is 0 Å². The fraction of sp³-hybridized carbons (Fsp3) is 0.286. The van der Waals surface area contributed by atoms with Crippen LogP contribution >= 0.6 is 0 Å². The Morgan fingerprint density at radius 1 is 1.80 bits per heavy atom. The van der Waals surface area contributed by atoms with Crippen LogP contribution in [-0.4, -0.2) is 27.1 Å². The molecule has 0 spiro atoms. The number of carbonyl (C=O) groups is 1. The Bertz CT molecular complexity index is 203. The van der Waals surface area contributed by atoms with Crippen molar-refractivity contribution in [2.24, 2.45) is 0 Å². The molecule has 0 aliphatic carbocycles. The van der Waals surface area contributed by atoms with Crippen LogP contribution in [0.15, 0.2) is 17.1 Å². The molecule has 2 nitrogen and oxygen atoms in total.